The summed E-state index contributed by atoms with van der Waals surface area (Å²) in [5, 5.41) is 0.982. The standard InChI is InChI=1S/C15H18ClN3O3/c1-3-6-19(14(20)9-22-2)8-13-17-12-7-10(16)4-5-11(12)15(21)18-13/h4-5,7H,3,6,8-9H2,1-2H3,(H,17,18,21). The smallest absolute Gasteiger partial charge is 0.258 e. The van der Waals surface area contributed by atoms with E-state index in [0.717, 1.165) is 6.42 Å². The third-order valence-electron chi connectivity index (χ3n) is 3.17. The van der Waals surface area contributed by atoms with E-state index >= 15 is 0 Å². The van der Waals surface area contributed by atoms with Gasteiger partial charge in [0.05, 0.1) is 17.4 Å². The van der Waals surface area contributed by atoms with Crippen LogP contribution in [0.5, 0.6) is 0 Å². The molecule has 0 unspecified atom stereocenters. The maximum absolute atomic E-state index is 12.1. The number of carbonyl (C=O) groups is 1. The molecule has 22 heavy (non-hydrogen) atoms. The second kappa shape index (κ2) is 7.38. The fourth-order valence-corrected chi connectivity index (χ4v) is 2.36. The van der Waals surface area contributed by atoms with Crippen molar-refractivity contribution in [1.29, 1.82) is 0 Å². The fraction of sp³-hybridized carbons (Fsp3) is 0.400. The number of nitrogens with zero attached hydrogens (tertiary/aromatic N) is 2. The summed E-state index contributed by atoms with van der Waals surface area (Å²) in [5.74, 6) is 0.288. The van der Waals surface area contributed by atoms with E-state index in [1.54, 1.807) is 23.1 Å². The molecule has 0 atom stereocenters. The van der Waals surface area contributed by atoms with Crippen LogP contribution in [-0.2, 0) is 16.1 Å². The molecule has 0 aliphatic rings. The van der Waals surface area contributed by atoms with Gasteiger partial charge in [-0.3, -0.25) is 9.59 Å². The molecule has 0 radical (unpaired) electrons. The molecule has 7 heteroatoms. The van der Waals surface area contributed by atoms with Crippen molar-refractivity contribution in [3.05, 3.63) is 39.4 Å². The molecule has 2 rings (SSSR count). The molecule has 0 bridgehead atoms. The van der Waals surface area contributed by atoms with Gasteiger partial charge in [-0.2, -0.15) is 0 Å². The average molecular weight is 324 g/mol. The zero-order valence-corrected chi connectivity index (χ0v) is 13.3. The highest BCUT2D eigenvalue weighted by Gasteiger charge is 2.15. The monoisotopic (exact) mass is 323 g/mol. The van der Waals surface area contributed by atoms with Gasteiger partial charge in [0.25, 0.3) is 5.56 Å². The number of benzene rings is 1. The van der Waals surface area contributed by atoms with Gasteiger partial charge >= 0.3 is 0 Å². The molecule has 0 fully saturated rings. The summed E-state index contributed by atoms with van der Waals surface area (Å²) in [4.78, 5) is 32.8. The Morgan fingerprint density at radius 2 is 2.23 bits per heavy atom. The van der Waals surface area contributed by atoms with Crippen molar-refractivity contribution in [2.75, 3.05) is 20.3 Å². The largest absolute Gasteiger partial charge is 0.375 e. The number of H-pyrrole nitrogens is 1. The van der Waals surface area contributed by atoms with Gasteiger partial charge in [0.15, 0.2) is 0 Å². The number of aromatic amines is 1. The van der Waals surface area contributed by atoms with E-state index in [1.165, 1.54) is 7.11 Å². The normalized spacial score (nSPS) is 10.9. The first-order chi connectivity index (χ1) is 10.5. The van der Waals surface area contributed by atoms with Crippen LogP contribution in [-0.4, -0.2) is 41.0 Å². The molecular weight excluding hydrogens is 306 g/mol. The molecule has 1 heterocycles. The molecule has 1 amide bonds. The predicted octanol–water partition coefficient (Wildman–Crippen LogP) is 1.96. The quantitative estimate of drug-likeness (QED) is 0.881. The molecule has 1 N–H and O–H groups in total. The van der Waals surface area contributed by atoms with Gasteiger partial charge in [-0.05, 0) is 24.6 Å². The number of methoxy groups -OCH3 is 1. The van der Waals surface area contributed by atoms with Crippen molar-refractivity contribution in [3.8, 4) is 0 Å². The molecule has 118 valence electrons. The number of nitrogens with one attached hydrogen (secondary N) is 1. The Kier molecular flexibility index (Phi) is 5.51. The Morgan fingerprint density at radius 3 is 2.91 bits per heavy atom. The maximum atomic E-state index is 12.1. The zero-order valence-electron chi connectivity index (χ0n) is 12.6. The van der Waals surface area contributed by atoms with Crippen LogP contribution < -0.4 is 5.56 Å². The van der Waals surface area contributed by atoms with Crippen molar-refractivity contribution in [1.82, 2.24) is 14.9 Å². The van der Waals surface area contributed by atoms with Crippen LogP contribution >= 0.6 is 11.6 Å². The SMILES string of the molecule is CCCN(Cc1nc2cc(Cl)ccc2c(=O)[nH]1)C(=O)COC. The predicted molar refractivity (Wildman–Crippen MR) is 85.0 cm³/mol. The molecule has 0 saturated carbocycles. The highest BCUT2D eigenvalue weighted by Crippen LogP contribution is 2.15. The number of carbonyl (C=O) groups excluding carboxylic acids is 1. The summed E-state index contributed by atoms with van der Waals surface area (Å²) in [6.07, 6.45) is 0.805. The topological polar surface area (TPSA) is 75.3 Å². The van der Waals surface area contributed by atoms with Gasteiger partial charge in [-0.15, -0.1) is 0 Å². The zero-order chi connectivity index (χ0) is 16.1. The third kappa shape index (κ3) is 3.84. The van der Waals surface area contributed by atoms with Gasteiger partial charge in [0.2, 0.25) is 5.91 Å². The van der Waals surface area contributed by atoms with Gasteiger partial charge < -0.3 is 14.6 Å². The number of ether oxygens (including phenoxy) is 1. The summed E-state index contributed by atoms with van der Waals surface area (Å²) >= 11 is 5.94. The minimum Gasteiger partial charge on any atom is -0.375 e. The Balaban J connectivity index is 2.32. The molecule has 0 saturated heterocycles. The van der Waals surface area contributed by atoms with Gasteiger partial charge in [-0.1, -0.05) is 18.5 Å². The molecule has 1 aromatic heterocycles. The van der Waals surface area contributed by atoms with E-state index in [-0.39, 0.29) is 24.6 Å². The number of fused-ring (bicyclic) bond motifs is 1. The Hall–Kier alpha value is -1.92. The number of hydrogen-bond acceptors (Lipinski definition) is 4. The van der Waals surface area contributed by atoms with E-state index in [9.17, 15) is 9.59 Å². The number of hydrogen-bond donors (Lipinski definition) is 1. The second-order valence-electron chi connectivity index (χ2n) is 4.92. The summed E-state index contributed by atoms with van der Waals surface area (Å²) in [6, 6.07) is 4.91. The van der Waals surface area contributed by atoms with Crippen LogP contribution in [0, 0.1) is 0 Å². The number of aromatic nitrogens is 2. The van der Waals surface area contributed by atoms with E-state index in [0.29, 0.717) is 28.3 Å². The fourth-order valence-electron chi connectivity index (χ4n) is 2.19. The van der Waals surface area contributed by atoms with Crippen LogP contribution in [0.3, 0.4) is 0 Å². The second-order valence-corrected chi connectivity index (χ2v) is 5.36. The summed E-state index contributed by atoms with van der Waals surface area (Å²) in [5.41, 5.74) is 0.272. The van der Waals surface area contributed by atoms with Gasteiger partial charge in [0, 0.05) is 18.7 Å². The summed E-state index contributed by atoms with van der Waals surface area (Å²) < 4.78 is 4.88. The number of rotatable bonds is 6. The lowest BCUT2D eigenvalue weighted by atomic mass is 10.2. The summed E-state index contributed by atoms with van der Waals surface area (Å²) in [6.45, 7) is 2.78. The lowest BCUT2D eigenvalue weighted by Crippen LogP contribution is -2.35. The number of amides is 1. The first kappa shape index (κ1) is 16.5. The first-order valence-corrected chi connectivity index (χ1v) is 7.38. The Bertz CT molecular complexity index is 730. The van der Waals surface area contributed by atoms with Crippen molar-refractivity contribution < 1.29 is 9.53 Å². The Labute approximate surface area is 133 Å². The molecule has 6 nitrogen and oxygen atoms in total. The van der Waals surface area contributed by atoms with Crippen molar-refractivity contribution >= 4 is 28.4 Å². The van der Waals surface area contributed by atoms with Crippen molar-refractivity contribution in [3.63, 3.8) is 0 Å². The van der Waals surface area contributed by atoms with E-state index in [4.69, 9.17) is 16.3 Å². The average Bonchev–Trinajstić information content (AvgIpc) is 2.46. The van der Waals surface area contributed by atoms with E-state index < -0.39 is 0 Å². The molecule has 0 spiro atoms. The Morgan fingerprint density at radius 1 is 1.45 bits per heavy atom. The third-order valence-corrected chi connectivity index (χ3v) is 3.41. The van der Waals surface area contributed by atoms with Crippen LogP contribution in [0.4, 0.5) is 0 Å². The minimum atomic E-state index is -0.243. The molecule has 0 aliphatic heterocycles. The lowest BCUT2D eigenvalue weighted by Gasteiger charge is -2.21. The van der Waals surface area contributed by atoms with Crippen molar-refractivity contribution in [2.45, 2.75) is 19.9 Å². The van der Waals surface area contributed by atoms with E-state index in [2.05, 4.69) is 9.97 Å². The highest BCUT2D eigenvalue weighted by molar-refractivity contribution is 6.31. The molecule has 2 aromatic rings. The maximum Gasteiger partial charge on any atom is 0.258 e. The van der Waals surface area contributed by atoms with Gasteiger partial charge in [0.1, 0.15) is 12.4 Å². The molecular formula is C15H18ClN3O3. The minimum absolute atomic E-state index is 0.00361. The lowest BCUT2D eigenvalue weighted by molar-refractivity contribution is -0.135. The van der Waals surface area contributed by atoms with Crippen LogP contribution in [0.15, 0.2) is 23.0 Å². The van der Waals surface area contributed by atoms with Gasteiger partial charge in [-0.25, -0.2) is 4.98 Å². The highest BCUT2D eigenvalue weighted by atomic mass is 35.5. The number of halogens is 1. The van der Waals surface area contributed by atoms with Crippen LogP contribution in [0.25, 0.3) is 10.9 Å². The molecule has 0 aliphatic carbocycles. The first-order valence-electron chi connectivity index (χ1n) is 7.00. The van der Waals surface area contributed by atoms with Crippen LogP contribution in [0.1, 0.15) is 19.2 Å². The summed E-state index contributed by atoms with van der Waals surface area (Å²) in [7, 11) is 1.47. The molecule has 1 aromatic carbocycles. The van der Waals surface area contributed by atoms with E-state index in [1.807, 2.05) is 6.92 Å². The van der Waals surface area contributed by atoms with Crippen LogP contribution in [0.2, 0.25) is 5.02 Å². The van der Waals surface area contributed by atoms with Crippen molar-refractivity contribution in [2.24, 2.45) is 0 Å².